The van der Waals surface area contributed by atoms with Crippen LogP contribution in [0.4, 0.5) is 0 Å². The van der Waals surface area contributed by atoms with Crippen molar-refractivity contribution >= 4 is 23.6 Å². The van der Waals surface area contributed by atoms with Crippen molar-refractivity contribution in [1.82, 2.24) is 21.3 Å². The molecule has 0 aliphatic rings. The average molecular weight is 651 g/mol. The van der Waals surface area contributed by atoms with Crippen LogP contribution in [0.3, 0.4) is 0 Å². The Bertz CT molecular complexity index is 1220. The summed E-state index contributed by atoms with van der Waals surface area (Å²) in [7, 11) is 0. The predicted octanol–water partition coefficient (Wildman–Crippen LogP) is 5.06. The van der Waals surface area contributed by atoms with E-state index in [1.165, 1.54) is 0 Å². The van der Waals surface area contributed by atoms with Gasteiger partial charge in [0.2, 0.25) is 23.6 Å². The molecule has 0 bridgehead atoms. The SMILES string of the molecule is CC(C)CC(=O)NC(CCCC(=O)NC(CC(C)C)C(O)CC(=O)NC(CC(C)C)C(=O)NCc1ccccc1)Cc1ccccc1. The molecule has 2 aromatic rings. The van der Waals surface area contributed by atoms with Crippen molar-refractivity contribution < 1.29 is 24.3 Å². The van der Waals surface area contributed by atoms with E-state index in [0.29, 0.717) is 45.1 Å². The van der Waals surface area contributed by atoms with E-state index < -0.39 is 24.1 Å². The second kappa shape index (κ2) is 21.2. The van der Waals surface area contributed by atoms with Gasteiger partial charge in [-0.2, -0.15) is 0 Å². The summed E-state index contributed by atoms with van der Waals surface area (Å²) in [6, 6.07) is 18.1. The average Bonchev–Trinajstić information content (AvgIpc) is 2.99. The minimum absolute atomic E-state index is 0.00749. The van der Waals surface area contributed by atoms with Gasteiger partial charge in [-0.15, -0.1) is 0 Å². The zero-order valence-electron chi connectivity index (χ0n) is 29.3. The Kier molecular flexibility index (Phi) is 17.8. The van der Waals surface area contributed by atoms with Crippen LogP contribution in [-0.2, 0) is 32.1 Å². The highest BCUT2D eigenvalue weighted by molar-refractivity contribution is 5.87. The van der Waals surface area contributed by atoms with Gasteiger partial charge in [-0.25, -0.2) is 0 Å². The van der Waals surface area contributed by atoms with Gasteiger partial charge in [0.25, 0.3) is 0 Å². The Morgan fingerprint density at radius 2 is 1.23 bits per heavy atom. The maximum atomic E-state index is 13.1. The van der Waals surface area contributed by atoms with E-state index in [9.17, 15) is 24.3 Å². The van der Waals surface area contributed by atoms with Crippen LogP contribution in [0.25, 0.3) is 0 Å². The summed E-state index contributed by atoms with van der Waals surface area (Å²) < 4.78 is 0. The summed E-state index contributed by atoms with van der Waals surface area (Å²) in [5, 5.41) is 22.9. The number of carbonyl (C=O) groups excluding carboxylic acids is 4. The lowest BCUT2D eigenvalue weighted by molar-refractivity contribution is -0.131. The number of amides is 4. The maximum Gasteiger partial charge on any atom is 0.242 e. The first-order valence-corrected chi connectivity index (χ1v) is 17.2. The Morgan fingerprint density at radius 1 is 0.660 bits per heavy atom. The van der Waals surface area contributed by atoms with Crippen LogP contribution >= 0.6 is 0 Å². The lowest BCUT2D eigenvalue weighted by Gasteiger charge is -2.27. The van der Waals surface area contributed by atoms with Gasteiger partial charge in [0.15, 0.2) is 0 Å². The molecule has 5 N–H and O–H groups in total. The van der Waals surface area contributed by atoms with Crippen LogP contribution in [0.2, 0.25) is 0 Å². The van der Waals surface area contributed by atoms with Gasteiger partial charge < -0.3 is 26.4 Å². The Hall–Kier alpha value is -3.72. The third-order valence-corrected chi connectivity index (χ3v) is 7.84. The smallest absolute Gasteiger partial charge is 0.242 e. The number of carbonyl (C=O) groups is 4. The van der Waals surface area contributed by atoms with E-state index in [0.717, 1.165) is 11.1 Å². The molecule has 2 aromatic carbocycles. The minimum Gasteiger partial charge on any atom is -0.390 e. The minimum atomic E-state index is -1.12. The van der Waals surface area contributed by atoms with Crippen LogP contribution in [0.15, 0.2) is 60.7 Å². The third kappa shape index (κ3) is 17.1. The molecule has 4 amide bonds. The predicted molar refractivity (Wildman–Crippen MR) is 187 cm³/mol. The van der Waals surface area contributed by atoms with E-state index in [1.807, 2.05) is 102 Å². The first-order valence-electron chi connectivity index (χ1n) is 17.2. The number of aliphatic hydroxyl groups excluding tert-OH is 1. The zero-order chi connectivity index (χ0) is 34.8. The molecule has 0 aliphatic carbocycles. The van der Waals surface area contributed by atoms with Crippen molar-refractivity contribution in [2.75, 3.05) is 0 Å². The van der Waals surface area contributed by atoms with E-state index in [4.69, 9.17) is 0 Å². The van der Waals surface area contributed by atoms with Gasteiger partial charge in [0, 0.05) is 25.4 Å². The van der Waals surface area contributed by atoms with Crippen molar-refractivity contribution in [1.29, 1.82) is 0 Å². The number of benzene rings is 2. The van der Waals surface area contributed by atoms with Gasteiger partial charge in [-0.3, -0.25) is 19.2 Å². The molecule has 9 nitrogen and oxygen atoms in total. The number of hydrogen-bond donors (Lipinski definition) is 5. The van der Waals surface area contributed by atoms with Gasteiger partial charge in [-0.1, -0.05) is 102 Å². The molecule has 47 heavy (non-hydrogen) atoms. The molecule has 0 saturated heterocycles. The van der Waals surface area contributed by atoms with Crippen molar-refractivity contribution in [3.8, 4) is 0 Å². The van der Waals surface area contributed by atoms with Crippen LogP contribution in [-0.4, -0.2) is 53.0 Å². The Morgan fingerprint density at radius 3 is 1.81 bits per heavy atom. The number of hydrogen-bond acceptors (Lipinski definition) is 5. The summed E-state index contributed by atoms with van der Waals surface area (Å²) in [5.41, 5.74) is 2.08. The lowest BCUT2D eigenvalue weighted by Crippen LogP contribution is -2.50. The Balaban J connectivity index is 1.94. The fourth-order valence-corrected chi connectivity index (χ4v) is 5.59. The second-order valence-corrected chi connectivity index (χ2v) is 14.0. The quantitative estimate of drug-likeness (QED) is 0.129. The maximum absolute atomic E-state index is 13.1. The summed E-state index contributed by atoms with van der Waals surface area (Å²) in [6.45, 7) is 12.3. The standard InChI is InChI=1S/C38H58N4O5/c1-26(2)20-32(34(43)24-37(46)42-33(21-27(3)4)38(47)39-25-30-16-11-8-12-17-30)41-35(44)19-13-18-31(40-36(45)22-28(5)6)23-29-14-9-7-10-15-29/h7-12,14-17,26-28,31-34,43H,13,18-25H2,1-6H3,(H,39,47)(H,40,45)(H,41,44)(H,42,46). The van der Waals surface area contributed by atoms with Crippen LogP contribution in [0.5, 0.6) is 0 Å². The summed E-state index contributed by atoms with van der Waals surface area (Å²) >= 11 is 0. The summed E-state index contributed by atoms with van der Waals surface area (Å²) in [5.74, 6) is -0.334. The number of rotatable bonds is 21. The monoisotopic (exact) mass is 650 g/mol. The molecule has 260 valence electrons. The largest absolute Gasteiger partial charge is 0.390 e. The topological polar surface area (TPSA) is 137 Å². The van der Waals surface area contributed by atoms with E-state index >= 15 is 0 Å². The van der Waals surface area contributed by atoms with Crippen LogP contribution in [0, 0.1) is 17.8 Å². The molecule has 0 aromatic heterocycles. The highest BCUT2D eigenvalue weighted by Crippen LogP contribution is 2.15. The first-order chi connectivity index (χ1) is 22.3. The molecular formula is C38H58N4O5. The molecule has 4 unspecified atom stereocenters. The molecule has 0 heterocycles. The molecule has 0 radical (unpaired) electrons. The van der Waals surface area contributed by atoms with E-state index in [-0.39, 0.29) is 54.4 Å². The van der Waals surface area contributed by atoms with Crippen molar-refractivity contribution in [2.24, 2.45) is 17.8 Å². The number of aliphatic hydroxyl groups is 1. The molecule has 9 heteroatoms. The highest BCUT2D eigenvalue weighted by atomic mass is 16.3. The van der Waals surface area contributed by atoms with Gasteiger partial charge in [-0.05, 0) is 61.0 Å². The zero-order valence-corrected chi connectivity index (χ0v) is 29.3. The van der Waals surface area contributed by atoms with Crippen LogP contribution in [0.1, 0.15) is 97.6 Å². The van der Waals surface area contributed by atoms with Gasteiger partial charge in [0.05, 0.1) is 18.6 Å². The molecule has 4 atom stereocenters. The third-order valence-electron chi connectivity index (χ3n) is 7.84. The van der Waals surface area contributed by atoms with Crippen molar-refractivity contribution in [2.45, 2.75) is 124 Å². The fraction of sp³-hybridized carbons (Fsp3) is 0.579. The first kappa shape index (κ1) is 39.5. The molecule has 0 aliphatic heterocycles. The molecular weight excluding hydrogens is 592 g/mol. The van der Waals surface area contributed by atoms with Crippen molar-refractivity contribution in [3.63, 3.8) is 0 Å². The van der Waals surface area contributed by atoms with E-state index in [2.05, 4.69) is 21.3 Å². The molecule has 0 fully saturated rings. The molecule has 0 saturated carbocycles. The number of nitrogens with one attached hydrogen (secondary N) is 4. The molecule has 2 rings (SSSR count). The van der Waals surface area contributed by atoms with Crippen molar-refractivity contribution in [3.05, 3.63) is 71.8 Å². The highest BCUT2D eigenvalue weighted by Gasteiger charge is 2.28. The lowest BCUT2D eigenvalue weighted by atomic mass is 9.96. The second-order valence-electron chi connectivity index (χ2n) is 14.0. The molecule has 0 spiro atoms. The Labute approximate surface area is 282 Å². The normalized spacial score (nSPS) is 13.9. The van der Waals surface area contributed by atoms with Gasteiger partial charge >= 0.3 is 0 Å². The van der Waals surface area contributed by atoms with E-state index in [1.54, 1.807) is 0 Å². The summed E-state index contributed by atoms with van der Waals surface area (Å²) in [4.78, 5) is 51.6. The fourth-order valence-electron chi connectivity index (χ4n) is 5.59. The van der Waals surface area contributed by atoms with Gasteiger partial charge in [0.1, 0.15) is 6.04 Å². The van der Waals surface area contributed by atoms with Crippen LogP contribution < -0.4 is 21.3 Å². The summed E-state index contributed by atoms with van der Waals surface area (Å²) in [6.07, 6.45) is 2.15.